The van der Waals surface area contributed by atoms with Gasteiger partial charge < -0.3 is 14.2 Å². The molecule has 6 nitrogen and oxygen atoms in total. The Morgan fingerprint density at radius 1 is 0.280 bits per heavy atom. The highest BCUT2D eigenvalue weighted by Gasteiger charge is 2.19. The molecule has 6 heteroatoms. The van der Waals surface area contributed by atoms with Crippen LogP contribution in [-0.4, -0.2) is 37.2 Å². The average molecular weight is 1040 g/mol. The number of esters is 3. The maximum Gasteiger partial charge on any atom is 0.306 e. The molecule has 0 N–H and O–H groups in total. The molecule has 1 unspecified atom stereocenters. The van der Waals surface area contributed by atoms with Crippen molar-refractivity contribution in [3.63, 3.8) is 0 Å². The van der Waals surface area contributed by atoms with Crippen molar-refractivity contribution in [1.82, 2.24) is 0 Å². The van der Waals surface area contributed by atoms with Crippen LogP contribution in [0.15, 0.2) is 146 Å². The van der Waals surface area contributed by atoms with Crippen molar-refractivity contribution in [2.75, 3.05) is 13.2 Å². The second-order valence-electron chi connectivity index (χ2n) is 19.5. The summed E-state index contributed by atoms with van der Waals surface area (Å²) in [6, 6.07) is 0. The van der Waals surface area contributed by atoms with Gasteiger partial charge >= 0.3 is 17.9 Å². The predicted octanol–water partition coefficient (Wildman–Crippen LogP) is 20.8. The van der Waals surface area contributed by atoms with Gasteiger partial charge in [-0.25, -0.2) is 0 Å². The van der Waals surface area contributed by atoms with Gasteiger partial charge in [0.25, 0.3) is 0 Å². The number of unbranched alkanes of at least 4 members (excludes halogenated alkanes) is 18. The van der Waals surface area contributed by atoms with Crippen molar-refractivity contribution in [2.45, 2.75) is 258 Å². The molecule has 0 saturated heterocycles. The lowest BCUT2D eigenvalue weighted by atomic mass is 10.1. The van der Waals surface area contributed by atoms with Gasteiger partial charge in [-0.15, -0.1) is 0 Å². The lowest BCUT2D eigenvalue weighted by Crippen LogP contribution is -2.30. The first-order valence-corrected chi connectivity index (χ1v) is 30.3. The molecule has 0 heterocycles. The Kier molecular flexibility index (Phi) is 58.0. The Morgan fingerprint density at radius 3 is 0.867 bits per heavy atom. The van der Waals surface area contributed by atoms with Crippen molar-refractivity contribution in [2.24, 2.45) is 0 Å². The normalized spacial score (nSPS) is 13.2. The fourth-order valence-corrected chi connectivity index (χ4v) is 7.82. The summed E-state index contributed by atoms with van der Waals surface area (Å²) in [7, 11) is 0. The van der Waals surface area contributed by atoms with Gasteiger partial charge in [0.05, 0.1) is 0 Å². The fourth-order valence-electron chi connectivity index (χ4n) is 7.82. The molecule has 0 bridgehead atoms. The summed E-state index contributed by atoms with van der Waals surface area (Å²) in [5.41, 5.74) is 0. The van der Waals surface area contributed by atoms with Crippen LogP contribution in [0.3, 0.4) is 0 Å². The van der Waals surface area contributed by atoms with E-state index in [9.17, 15) is 14.4 Å². The molecule has 0 spiro atoms. The van der Waals surface area contributed by atoms with E-state index in [0.29, 0.717) is 19.3 Å². The molecule has 0 aromatic rings. The van der Waals surface area contributed by atoms with Gasteiger partial charge in [-0.3, -0.25) is 14.4 Å². The summed E-state index contributed by atoms with van der Waals surface area (Å²) in [4.78, 5) is 38.3. The third kappa shape index (κ3) is 60.0. The second kappa shape index (κ2) is 61.8. The number of rotatable bonds is 53. The monoisotopic (exact) mass is 1030 g/mol. The van der Waals surface area contributed by atoms with Gasteiger partial charge in [0.15, 0.2) is 6.10 Å². The number of ether oxygens (including phenoxy) is 3. The van der Waals surface area contributed by atoms with Gasteiger partial charge in [0.2, 0.25) is 0 Å². The third-order valence-electron chi connectivity index (χ3n) is 12.3. The summed E-state index contributed by atoms with van der Waals surface area (Å²) in [5.74, 6) is -0.998. The highest BCUT2D eigenvalue weighted by atomic mass is 16.6. The molecule has 0 fully saturated rings. The smallest absolute Gasteiger partial charge is 0.306 e. The Bertz CT molecular complexity index is 1660. The van der Waals surface area contributed by atoms with Gasteiger partial charge in [0, 0.05) is 19.3 Å². The van der Waals surface area contributed by atoms with Crippen LogP contribution >= 0.6 is 0 Å². The lowest BCUT2D eigenvalue weighted by Gasteiger charge is -2.18. The van der Waals surface area contributed by atoms with Gasteiger partial charge in [0.1, 0.15) is 13.2 Å². The molecule has 0 aliphatic heterocycles. The molecule has 0 rings (SSSR count). The number of carbonyl (C=O) groups excluding carboxylic acids is 3. The van der Waals surface area contributed by atoms with E-state index in [1.165, 1.54) is 77.0 Å². The topological polar surface area (TPSA) is 78.9 Å². The molecule has 0 aromatic heterocycles. The summed E-state index contributed by atoms with van der Waals surface area (Å²) in [5, 5.41) is 0. The van der Waals surface area contributed by atoms with E-state index < -0.39 is 6.10 Å². The van der Waals surface area contributed by atoms with E-state index in [2.05, 4.69) is 167 Å². The first kappa shape index (κ1) is 70.3. The molecule has 75 heavy (non-hydrogen) atoms. The average Bonchev–Trinajstić information content (AvgIpc) is 3.41. The minimum absolute atomic E-state index is 0.113. The van der Waals surface area contributed by atoms with E-state index in [0.717, 1.165) is 122 Å². The summed E-state index contributed by atoms with van der Waals surface area (Å²) in [6.07, 6.45) is 88.4. The van der Waals surface area contributed by atoms with Gasteiger partial charge in [-0.05, 0) is 141 Å². The first-order chi connectivity index (χ1) is 37.0. The molecule has 0 aromatic carbocycles. The zero-order valence-electron chi connectivity index (χ0n) is 48.3. The molecule has 1 atom stereocenters. The molecule has 422 valence electrons. The zero-order valence-corrected chi connectivity index (χ0v) is 48.3. The van der Waals surface area contributed by atoms with E-state index in [-0.39, 0.29) is 44.0 Å². The largest absolute Gasteiger partial charge is 0.462 e. The Labute approximate surface area is 461 Å². The second-order valence-corrected chi connectivity index (χ2v) is 19.5. The number of allylic oxidation sites excluding steroid dienone is 24. The van der Waals surface area contributed by atoms with Crippen LogP contribution < -0.4 is 0 Å². The van der Waals surface area contributed by atoms with E-state index in [1.54, 1.807) is 0 Å². The maximum absolute atomic E-state index is 12.9. The van der Waals surface area contributed by atoms with Crippen molar-refractivity contribution >= 4 is 17.9 Å². The lowest BCUT2D eigenvalue weighted by molar-refractivity contribution is -0.167. The number of hydrogen-bond donors (Lipinski definition) is 0. The van der Waals surface area contributed by atoms with Crippen molar-refractivity contribution in [1.29, 1.82) is 0 Å². The number of hydrogen-bond acceptors (Lipinski definition) is 6. The highest BCUT2D eigenvalue weighted by molar-refractivity contribution is 5.71. The summed E-state index contributed by atoms with van der Waals surface area (Å²) < 4.78 is 16.8. The molecule has 0 radical (unpaired) electrons. The summed E-state index contributed by atoms with van der Waals surface area (Å²) in [6.45, 7) is 6.34. The maximum atomic E-state index is 12.9. The minimum atomic E-state index is -0.823. The van der Waals surface area contributed by atoms with Crippen molar-refractivity contribution in [3.05, 3.63) is 146 Å². The van der Waals surface area contributed by atoms with Crippen LogP contribution in [0, 0.1) is 0 Å². The van der Waals surface area contributed by atoms with Crippen molar-refractivity contribution < 1.29 is 28.6 Å². The molecule has 0 aliphatic rings. The zero-order chi connectivity index (χ0) is 54.3. The molecule has 0 aliphatic carbocycles. The first-order valence-electron chi connectivity index (χ1n) is 30.3. The van der Waals surface area contributed by atoms with Crippen LogP contribution in [-0.2, 0) is 28.6 Å². The Morgan fingerprint density at radius 2 is 0.520 bits per heavy atom. The minimum Gasteiger partial charge on any atom is -0.462 e. The molecule has 0 amide bonds. The third-order valence-corrected chi connectivity index (χ3v) is 12.3. The molecular weight excluding hydrogens is 925 g/mol. The summed E-state index contributed by atoms with van der Waals surface area (Å²) >= 11 is 0. The van der Waals surface area contributed by atoms with Gasteiger partial charge in [-0.1, -0.05) is 237 Å². The van der Waals surface area contributed by atoms with Crippen LogP contribution in [0.4, 0.5) is 0 Å². The highest BCUT2D eigenvalue weighted by Crippen LogP contribution is 2.13. The van der Waals surface area contributed by atoms with E-state index >= 15 is 0 Å². The quantitative estimate of drug-likeness (QED) is 0.0261. The predicted molar refractivity (Wildman–Crippen MR) is 325 cm³/mol. The number of carbonyl (C=O) groups is 3. The molecular formula is C69H110O6. The van der Waals surface area contributed by atoms with Crippen LogP contribution in [0.25, 0.3) is 0 Å². The Balaban J connectivity index is 4.56. The van der Waals surface area contributed by atoms with Crippen LogP contribution in [0.1, 0.15) is 252 Å². The fraction of sp³-hybridized carbons (Fsp3) is 0.609. The standard InChI is InChI=1S/C69H110O6/c1-4-7-10-13-16-19-22-25-28-31-33-34-36-38-41-44-47-50-53-56-59-62-68(71)74-65-66(64-73-67(70)61-58-55-52-49-46-43-40-37-30-27-24-21-18-15-12-9-6-3)75-69(72)63-60-57-54-51-48-45-42-39-35-32-29-26-23-20-17-14-11-8-5-2/h7-8,10-11,16-17,19-20,25-30,33-35,38-39,41,45,47-48,50,66H,4-6,9,12-15,18,21-24,31-32,36-37,40,42-44,46,49,51-65H2,1-3H3/b10-7-,11-8-,19-16-,20-17-,28-25-,29-26-,30-27-,34-33-,39-35-,41-38-,48-45-,50-47-. The van der Waals surface area contributed by atoms with Gasteiger partial charge in [-0.2, -0.15) is 0 Å². The molecule has 0 saturated carbocycles. The Hall–Kier alpha value is -4.71. The SMILES string of the molecule is CC/C=C\C/C=C\C/C=C\C/C=C\C/C=C\C/C=C\CCCCC(=O)OCC(COC(=O)CCCCCCCCC/C=C\CCCCCCCC)OC(=O)CCCCC/C=C\C/C=C\C/C=C\C/C=C\C/C=C\CC. The van der Waals surface area contributed by atoms with Crippen molar-refractivity contribution in [3.8, 4) is 0 Å². The van der Waals surface area contributed by atoms with Crippen LogP contribution in [0.5, 0.6) is 0 Å². The van der Waals surface area contributed by atoms with E-state index in [1.807, 2.05) is 0 Å². The van der Waals surface area contributed by atoms with E-state index in [4.69, 9.17) is 14.2 Å². The van der Waals surface area contributed by atoms with Crippen LogP contribution in [0.2, 0.25) is 0 Å².